The highest BCUT2D eigenvalue weighted by Crippen LogP contribution is 2.29. The maximum absolute atomic E-state index is 12.8. The molecule has 0 saturated heterocycles. The highest BCUT2D eigenvalue weighted by atomic mass is 16.5. The fourth-order valence-electron chi connectivity index (χ4n) is 3.01. The Morgan fingerprint density at radius 1 is 0.639 bits per heavy atom. The van der Waals surface area contributed by atoms with Gasteiger partial charge in [-0.2, -0.15) is 9.97 Å². The van der Waals surface area contributed by atoms with Crippen LogP contribution in [0.15, 0.2) is 42.5 Å². The van der Waals surface area contributed by atoms with Crippen LogP contribution in [0, 0.1) is 0 Å². The first-order chi connectivity index (χ1) is 17.4. The second-order valence-electron chi connectivity index (χ2n) is 6.76. The molecule has 2 aromatic carbocycles. The van der Waals surface area contributed by atoms with Crippen molar-refractivity contribution in [1.82, 2.24) is 9.97 Å². The minimum absolute atomic E-state index is 0.00533. The van der Waals surface area contributed by atoms with E-state index in [1.807, 2.05) is 13.8 Å². The summed E-state index contributed by atoms with van der Waals surface area (Å²) in [6.45, 7) is 4.00. The van der Waals surface area contributed by atoms with Gasteiger partial charge in [0.1, 0.15) is 11.6 Å². The summed E-state index contributed by atoms with van der Waals surface area (Å²) in [6, 6.07) is 11.0. The summed E-state index contributed by atoms with van der Waals surface area (Å²) in [4.78, 5) is 34.0. The van der Waals surface area contributed by atoms with E-state index in [2.05, 4.69) is 25.9 Å². The molecule has 0 spiro atoms. The highest BCUT2D eigenvalue weighted by Gasteiger charge is 2.16. The molecule has 0 aliphatic carbocycles. The van der Waals surface area contributed by atoms with E-state index in [1.165, 1.54) is 40.6 Å². The van der Waals surface area contributed by atoms with Crippen LogP contribution in [0.5, 0.6) is 23.0 Å². The van der Waals surface area contributed by atoms with Crippen LogP contribution in [-0.4, -0.2) is 57.3 Å². The Balaban J connectivity index is 0.00000222. The fraction of sp³-hybridized carbons (Fsp3) is 0.280. The molecule has 1 aromatic heterocycles. The van der Waals surface area contributed by atoms with E-state index in [1.54, 1.807) is 37.4 Å². The number of carbonyl (C=O) groups excluding carboxylic acids is 2. The van der Waals surface area contributed by atoms with Gasteiger partial charge in [0.25, 0.3) is 11.8 Å². The molecular formula is C25H31N5O6. The van der Waals surface area contributed by atoms with Crippen molar-refractivity contribution in [3.05, 3.63) is 53.6 Å². The number of amides is 2. The van der Waals surface area contributed by atoms with Crippen molar-refractivity contribution in [3.8, 4) is 23.0 Å². The average Bonchev–Trinajstić information content (AvgIpc) is 2.92. The molecule has 192 valence electrons. The molecule has 11 heteroatoms. The van der Waals surface area contributed by atoms with Gasteiger partial charge in [0.05, 0.1) is 28.4 Å². The maximum atomic E-state index is 12.8. The Labute approximate surface area is 210 Å². The number of carbonyl (C=O) groups is 2. The van der Waals surface area contributed by atoms with E-state index in [4.69, 9.17) is 18.9 Å². The summed E-state index contributed by atoms with van der Waals surface area (Å²) < 4.78 is 20.9. The Kier molecular flexibility index (Phi) is 10.3. The Bertz CT molecular complexity index is 1110. The first kappa shape index (κ1) is 27.7. The van der Waals surface area contributed by atoms with Crippen LogP contribution in [-0.2, 0) is 0 Å². The molecule has 1 heterocycles. The second kappa shape index (κ2) is 13.4. The molecule has 0 aliphatic heterocycles. The molecule has 0 bridgehead atoms. The van der Waals surface area contributed by atoms with E-state index >= 15 is 0 Å². The number of aromatic nitrogens is 2. The largest absolute Gasteiger partial charge is 0.493 e. The summed E-state index contributed by atoms with van der Waals surface area (Å²) in [7, 11) is 7.63. The van der Waals surface area contributed by atoms with Crippen molar-refractivity contribution in [2.45, 2.75) is 13.8 Å². The van der Waals surface area contributed by atoms with Gasteiger partial charge in [-0.25, -0.2) is 0 Å². The molecule has 0 fully saturated rings. The van der Waals surface area contributed by atoms with Crippen LogP contribution in [0.4, 0.5) is 17.6 Å². The number of hydrogen-bond donors (Lipinski definition) is 3. The van der Waals surface area contributed by atoms with Gasteiger partial charge in [0.15, 0.2) is 23.0 Å². The minimum Gasteiger partial charge on any atom is -0.493 e. The van der Waals surface area contributed by atoms with Gasteiger partial charge < -0.3 is 29.6 Å². The van der Waals surface area contributed by atoms with E-state index in [-0.39, 0.29) is 11.8 Å². The zero-order chi connectivity index (χ0) is 26.7. The molecule has 0 unspecified atom stereocenters. The van der Waals surface area contributed by atoms with E-state index in [0.29, 0.717) is 39.9 Å². The van der Waals surface area contributed by atoms with Gasteiger partial charge in [-0.15, -0.1) is 0 Å². The number of ether oxygens (including phenoxy) is 4. The number of benzene rings is 2. The van der Waals surface area contributed by atoms with Crippen molar-refractivity contribution < 1.29 is 28.5 Å². The molecule has 3 aromatic rings. The third kappa shape index (κ3) is 6.75. The number of hydrogen-bond acceptors (Lipinski definition) is 9. The normalized spacial score (nSPS) is 9.75. The van der Waals surface area contributed by atoms with E-state index in [0.717, 1.165) is 0 Å². The van der Waals surface area contributed by atoms with E-state index in [9.17, 15) is 9.59 Å². The molecule has 11 nitrogen and oxygen atoms in total. The van der Waals surface area contributed by atoms with Crippen molar-refractivity contribution in [3.63, 3.8) is 0 Å². The molecule has 2 amide bonds. The van der Waals surface area contributed by atoms with Gasteiger partial charge in [0, 0.05) is 24.2 Å². The lowest BCUT2D eigenvalue weighted by molar-refractivity contribution is 0.101. The second-order valence-corrected chi connectivity index (χ2v) is 6.76. The molecule has 3 N–H and O–H groups in total. The van der Waals surface area contributed by atoms with Crippen LogP contribution in [0.2, 0.25) is 0 Å². The Morgan fingerprint density at radius 3 is 1.53 bits per heavy atom. The quantitative estimate of drug-likeness (QED) is 0.400. The third-order valence-electron chi connectivity index (χ3n) is 4.74. The molecule has 0 atom stereocenters. The molecule has 36 heavy (non-hydrogen) atoms. The number of nitrogens with zero attached hydrogens (tertiary/aromatic N) is 2. The number of methoxy groups -OCH3 is 4. The maximum Gasteiger partial charge on any atom is 0.258 e. The summed E-state index contributed by atoms with van der Waals surface area (Å²) in [5, 5.41) is 8.19. The summed E-state index contributed by atoms with van der Waals surface area (Å²) >= 11 is 0. The molecule has 3 rings (SSSR count). The Hall–Kier alpha value is -4.54. The van der Waals surface area contributed by atoms with Gasteiger partial charge >= 0.3 is 0 Å². The monoisotopic (exact) mass is 497 g/mol. The lowest BCUT2D eigenvalue weighted by atomic mass is 10.2. The van der Waals surface area contributed by atoms with Crippen molar-refractivity contribution in [2.24, 2.45) is 0 Å². The van der Waals surface area contributed by atoms with Crippen molar-refractivity contribution in [2.75, 3.05) is 51.4 Å². The van der Waals surface area contributed by atoms with Gasteiger partial charge in [-0.1, -0.05) is 13.8 Å². The topological polar surface area (TPSA) is 133 Å². The predicted molar refractivity (Wildman–Crippen MR) is 138 cm³/mol. The number of anilines is 3. The third-order valence-corrected chi connectivity index (χ3v) is 4.74. The van der Waals surface area contributed by atoms with Crippen molar-refractivity contribution in [1.29, 1.82) is 0 Å². The predicted octanol–water partition coefficient (Wildman–Crippen LogP) is 4.08. The fourth-order valence-corrected chi connectivity index (χ4v) is 3.01. The van der Waals surface area contributed by atoms with Crippen LogP contribution < -0.4 is 34.9 Å². The highest BCUT2D eigenvalue weighted by molar-refractivity contribution is 6.05. The molecule has 0 saturated carbocycles. The van der Waals surface area contributed by atoms with Crippen LogP contribution >= 0.6 is 0 Å². The first-order valence-corrected chi connectivity index (χ1v) is 11.1. The van der Waals surface area contributed by atoms with Gasteiger partial charge in [-0.3, -0.25) is 14.9 Å². The van der Waals surface area contributed by atoms with Gasteiger partial charge in [-0.05, 0) is 36.4 Å². The van der Waals surface area contributed by atoms with E-state index < -0.39 is 11.8 Å². The smallest absolute Gasteiger partial charge is 0.258 e. The minimum atomic E-state index is -0.466. The number of rotatable bonds is 9. The number of nitrogens with one attached hydrogen (secondary N) is 3. The Morgan fingerprint density at radius 2 is 1.08 bits per heavy atom. The van der Waals surface area contributed by atoms with Crippen LogP contribution in [0.25, 0.3) is 0 Å². The zero-order valence-electron chi connectivity index (χ0n) is 21.4. The average molecular weight is 498 g/mol. The molecule has 0 radical (unpaired) electrons. The lowest BCUT2D eigenvalue weighted by Crippen LogP contribution is -2.18. The molecule has 0 aliphatic rings. The summed E-state index contributed by atoms with van der Waals surface area (Å²) in [5.74, 6) is 1.48. The summed E-state index contributed by atoms with van der Waals surface area (Å²) in [5.41, 5.74) is 0.644. The standard InChI is InChI=1S/C23H25N5O6.C2H6/c1-24-19-12-20(25-21(29)13-6-8-15(31-2)17(10-13)33-4)27-23(26-19)28-22(30)14-7-9-16(32-3)18(11-14)34-5;1-2/h6-12H,1-5H3,(H3,24,25,26,27,28,29,30);1-2H3. The van der Waals surface area contributed by atoms with Crippen LogP contribution in [0.3, 0.4) is 0 Å². The van der Waals surface area contributed by atoms with Crippen LogP contribution in [0.1, 0.15) is 34.6 Å². The molecular weight excluding hydrogens is 466 g/mol. The lowest BCUT2D eigenvalue weighted by Gasteiger charge is -2.12. The summed E-state index contributed by atoms with van der Waals surface area (Å²) in [6.07, 6.45) is 0. The first-order valence-electron chi connectivity index (χ1n) is 11.1. The van der Waals surface area contributed by atoms with Gasteiger partial charge in [0.2, 0.25) is 5.95 Å². The SMILES string of the molecule is CC.CNc1cc(NC(=O)c2ccc(OC)c(OC)c2)nc(NC(=O)c2ccc(OC)c(OC)c2)n1. The zero-order valence-corrected chi connectivity index (χ0v) is 21.4. The van der Waals surface area contributed by atoms with Crippen molar-refractivity contribution >= 4 is 29.4 Å².